The Balaban J connectivity index is 1.91. The fraction of sp³-hybridized carbons (Fsp3) is 0.600. The lowest BCUT2D eigenvalue weighted by Gasteiger charge is -2.34. The van der Waals surface area contributed by atoms with E-state index in [2.05, 4.69) is 59.9 Å². The molecule has 1 aromatic carbocycles. The summed E-state index contributed by atoms with van der Waals surface area (Å²) >= 11 is 3.66. The number of halogens is 1. The molecule has 0 N–H and O–H groups in total. The van der Waals surface area contributed by atoms with E-state index in [1.54, 1.807) is 0 Å². The zero-order valence-corrected chi connectivity index (χ0v) is 12.6. The van der Waals surface area contributed by atoms with Gasteiger partial charge in [-0.2, -0.15) is 0 Å². The number of hydrogen-bond donors (Lipinski definition) is 0. The van der Waals surface area contributed by atoms with Gasteiger partial charge in [0.25, 0.3) is 0 Å². The number of rotatable bonds is 4. The van der Waals surface area contributed by atoms with E-state index in [-0.39, 0.29) is 0 Å². The van der Waals surface area contributed by atoms with Crippen LogP contribution in [0.1, 0.15) is 29.5 Å². The molecule has 1 aromatic rings. The molecule has 1 nitrogen and oxygen atoms in total. The van der Waals surface area contributed by atoms with Gasteiger partial charge in [-0.05, 0) is 56.3 Å². The molecular formula is C15H22BrN. The lowest BCUT2D eigenvalue weighted by molar-refractivity contribution is 0.207. The molecule has 1 aliphatic carbocycles. The summed E-state index contributed by atoms with van der Waals surface area (Å²) in [4.78, 5) is 3.25. The molecule has 0 heterocycles. The van der Waals surface area contributed by atoms with Gasteiger partial charge in [-0.25, -0.2) is 0 Å². The molecule has 1 fully saturated rings. The highest BCUT2D eigenvalue weighted by molar-refractivity contribution is 9.09. The Hall–Kier alpha value is -0.340. The average Bonchev–Trinajstić information content (AvgIpc) is 2.21. The van der Waals surface area contributed by atoms with E-state index >= 15 is 0 Å². The minimum atomic E-state index is 0.779. The molecule has 0 radical (unpaired) electrons. The Morgan fingerprint density at radius 3 is 2.35 bits per heavy atom. The van der Waals surface area contributed by atoms with Crippen LogP contribution < -0.4 is 0 Å². The fourth-order valence-electron chi connectivity index (χ4n) is 2.68. The second kappa shape index (κ2) is 5.53. The maximum Gasteiger partial charge on any atom is 0.0236 e. The van der Waals surface area contributed by atoms with Gasteiger partial charge in [0.1, 0.15) is 0 Å². The number of alkyl halides is 1. The van der Waals surface area contributed by atoms with Crippen molar-refractivity contribution in [3.05, 3.63) is 34.9 Å². The van der Waals surface area contributed by atoms with Crippen LogP contribution in [0.2, 0.25) is 0 Å². The van der Waals surface area contributed by atoms with Crippen molar-refractivity contribution in [2.24, 2.45) is 5.92 Å². The molecule has 0 bridgehead atoms. The van der Waals surface area contributed by atoms with Gasteiger partial charge >= 0.3 is 0 Å². The summed E-state index contributed by atoms with van der Waals surface area (Å²) in [6.07, 6.45) is 2.69. The minimum absolute atomic E-state index is 0.779. The minimum Gasteiger partial charge on any atom is -0.302 e. The van der Waals surface area contributed by atoms with Gasteiger partial charge in [0.2, 0.25) is 0 Å². The molecule has 2 rings (SSSR count). The van der Waals surface area contributed by atoms with Gasteiger partial charge in [-0.1, -0.05) is 34.1 Å². The van der Waals surface area contributed by atoms with Gasteiger partial charge in [0, 0.05) is 17.9 Å². The van der Waals surface area contributed by atoms with Gasteiger partial charge in [0.05, 0.1) is 0 Å². The summed E-state index contributed by atoms with van der Waals surface area (Å²) in [5.74, 6) is 0.897. The standard InChI is InChI=1S/C15H22BrN/c1-11-5-4-6-12(2)15(11)10-17(3)9-13-7-14(16)8-13/h4-6,13-14H,7-10H2,1-3H3. The summed E-state index contributed by atoms with van der Waals surface area (Å²) in [6, 6.07) is 6.58. The second-order valence-electron chi connectivity index (χ2n) is 5.50. The van der Waals surface area contributed by atoms with Crippen LogP contribution >= 0.6 is 15.9 Å². The van der Waals surface area contributed by atoms with Crippen LogP contribution in [0.15, 0.2) is 18.2 Å². The molecule has 0 saturated heterocycles. The molecule has 94 valence electrons. The monoisotopic (exact) mass is 295 g/mol. The van der Waals surface area contributed by atoms with Crippen molar-refractivity contribution < 1.29 is 0 Å². The van der Waals surface area contributed by atoms with Gasteiger partial charge in [-0.3, -0.25) is 0 Å². The van der Waals surface area contributed by atoms with E-state index < -0.39 is 0 Å². The van der Waals surface area contributed by atoms with Crippen molar-refractivity contribution in [3.63, 3.8) is 0 Å². The molecule has 0 unspecified atom stereocenters. The third kappa shape index (κ3) is 3.32. The van der Waals surface area contributed by atoms with Crippen molar-refractivity contribution in [2.75, 3.05) is 13.6 Å². The van der Waals surface area contributed by atoms with Crippen molar-refractivity contribution in [1.82, 2.24) is 4.90 Å². The molecule has 0 aliphatic heterocycles. The van der Waals surface area contributed by atoms with Gasteiger partial charge < -0.3 is 4.90 Å². The summed E-state index contributed by atoms with van der Waals surface area (Å²) < 4.78 is 0. The second-order valence-corrected chi connectivity index (χ2v) is 6.80. The largest absolute Gasteiger partial charge is 0.302 e. The first kappa shape index (κ1) is 13.1. The molecule has 0 aromatic heterocycles. The molecule has 0 spiro atoms. The van der Waals surface area contributed by atoms with Crippen LogP contribution in [-0.2, 0) is 6.54 Å². The number of benzene rings is 1. The fourth-order valence-corrected chi connectivity index (χ4v) is 3.73. The van der Waals surface area contributed by atoms with E-state index in [0.29, 0.717) is 0 Å². The maximum absolute atomic E-state index is 3.66. The van der Waals surface area contributed by atoms with Gasteiger partial charge in [0.15, 0.2) is 0 Å². The Morgan fingerprint density at radius 2 is 1.82 bits per heavy atom. The van der Waals surface area contributed by atoms with Crippen LogP contribution in [-0.4, -0.2) is 23.3 Å². The quantitative estimate of drug-likeness (QED) is 0.761. The number of aryl methyl sites for hydroxylation is 2. The third-order valence-electron chi connectivity index (χ3n) is 3.82. The Bertz CT molecular complexity index is 362. The van der Waals surface area contributed by atoms with E-state index in [0.717, 1.165) is 17.3 Å². The predicted molar refractivity (Wildman–Crippen MR) is 77.7 cm³/mol. The average molecular weight is 296 g/mol. The molecule has 0 amide bonds. The number of nitrogens with zero attached hydrogens (tertiary/aromatic N) is 1. The van der Waals surface area contributed by atoms with E-state index in [1.807, 2.05) is 0 Å². The summed E-state index contributed by atoms with van der Waals surface area (Å²) in [7, 11) is 2.24. The predicted octanol–water partition coefficient (Wildman–Crippen LogP) is 3.91. The van der Waals surface area contributed by atoms with Crippen molar-refractivity contribution in [3.8, 4) is 0 Å². The summed E-state index contributed by atoms with van der Waals surface area (Å²) in [5.41, 5.74) is 4.34. The van der Waals surface area contributed by atoms with E-state index in [1.165, 1.54) is 36.1 Å². The first-order chi connectivity index (χ1) is 8.06. The molecule has 17 heavy (non-hydrogen) atoms. The molecule has 1 saturated carbocycles. The summed E-state index contributed by atoms with van der Waals surface area (Å²) in [6.45, 7) is 6.75. The highest BCUT2D eigenvalue weighted by Crippen LogP contribution is 2.33. The van der Waals surface area contributed by atoms with E-state index in [9.17, 15) is 0 Å². The first-order valence-electron chi connectivity index (χ1n) is 6.44. The normalized spacial score (nSPS) is 23.8. The molecule has 2 heteroatoms. The smallest absolute Gasteiger partial charge is 0.0236 e. The molecular weight excluding hydrogens is 274 g/mol. The Kier molecular flexibility index (Phi) is 4.26. The first-order valence-corrected chi connectivity index (χ1v) is 7.35. The molecule has 1 aliphatic rings. The summed E-state index contributed by atoms with van der Waals surface area (Å²) in [5, 5.41) is 0. The zero-order chi connectivity index (χ0) is 12.4. The van der Waals surface area contributed by atoms with Crippen molar-refractivity contribution in [1.29, 1.82) is 0 Å². The highest BCUT2D eigenvalue weighted by atomic mass is 79.9. The van der Waals surface area contributed by atoms with Crippen LogP contribution in [0.5, 0.6) is 0 Å². The highest BCUT2D eigenvalue weighted by Gasteiger charge is 2.27. The van der Waals surface area contributed by atoms with Crippen LogP contribution in [0, 0.1) is 19.8 Å². The van der Waals surface area contributed by atoms with Crippen molar-refractivity contribution in [2.45, 2.75) is 38.1 Å². The number of hydrogen-bond acceptors (Lipinski definition) is 1. The van der Waals surface area contributed by atoms with Crippen LogP contribution in [0.4, 0.5) is 0 Å². The van der Waals surface area contributed by atoms with E-state index in [4.69, 9.17) is 0 Å². The Labute approximate surface area is 113 Å². The lowest BCUT2D eigenvalue weighted by Crippen LogP contribution is -2.34. The van der Waals surface area contributed by atoms with Crippen molar-refractivity contribution >= 4 is 15.9 Å². The Morgan fingerprint density at radius 1 is 1.24 bits per heavy atom. The topological polar surface area (TPSA) is 3.24 Å². The molecule has 0 atom stereocenters. The third-order valence-corrected chi connectivity index (χ3v) is 4.57. The van der Waals surface area contributed by atoms with Crippen LogP contribution in [0.25, 0.3) is 0 Å². The maximum atomic E-state index is 3.66. The van der Waals surface area contributed by atoms with Gasteiger partial charge in [-0.15, -0.1) is 0 Å². The lowest BCUT2D eigenvalue weighted by atomic mass is 9.85. The SMILES string of the molecule is Cc1cccc(C)c1CN(C)CC1CC(Br)C1. The zero-order valence-electron chi connectivity index (χ0n) is 11.0. The van der Waals surface area contributed by atoms with Crippen LogP contribution in [0.3, 0.4) is 0 Å².